The molecule has 0 saturated heterocycles. The fraction of sp³-hybridized carbons (Fsp3) is 0.500. The van der Waals surface area contributed by atoms with Gasteiger partial charge in [0.1, 0.15) is 5.84 Å². The van der Waals surface area contributed by atoms with Crippen molar-refractivity contribution in [2.45, 2.75) is 6.92 Å². The van der Waals surface area contributed by atoms with Gasteiger partial charge in [0.2, 0.25) is 0 Å². The molecule has 0 fully saturated rings. The van der Waals surface area contributed by atoms with Crippen molar-refractivity contribution in [2.24, 2.45) is 10.9 Å². The standard InChI is InChI=1S/C4H7N3O/c1-4(5)7-8-3-6-2/h3H2,1H3,(H2,5,7). The number of nitrogens with zero attached hydrogens (tertiary/aromatic N) is 2. The molecule has 4 nitrogen and oxygen atoms in total. The molecule has 0 bridgehead atoms. The van der Waals surface area contributed by atoms with E-state index >= 15 is 0 Å². The third-order valence-corrected chi connectivity index (χ3v) is 0.331. The van der Waals surface area contributed by atoms with Crippen LogP contribution in [0.3, 0.4) is 0 Å². The zero-order valence-corrected chi connectivity index (χ0v) is 4.59. The molecule has 0 aliphatic rings. The van der Waals surface area contributed by atoms with Gasteiger partial charge in [-0.25, -0.2) is 6.57 Å². The molecule has 0 saturated carbocycles. The lowest BCUT2D eigenvalue weighted by molar-refractivity contribution is 0.172. The van der Waals surface area contributed by atoms with E-state index in [0.29, 0.717) is 5.84 Å². The Balaban J connectivity index is 3.20. The van der Waals surface area contributed by atoms with Gasteiger partial charge in [0.25, 0.3) is 0 Å². The summed E-state index contributed by atoms with van der Waals surface area (Å²) in [4.78, 5) is 7.23. The normalized spacial score (nSPS) is 10.2. The van der Waals surface area contributed by atoms with E-state index in [-0.39, 0.29) is 6.73 Å². The van der Waals surface area contributed by atoms with Gasteiger partial charge in [-0.15, -0.1) is 0 Å². The first-order chi connectivity index (χ1) is 3.77. The predicted molar refractivity (Wildman–Crippen MR) is 29.9 cm³/mol. The number of rotatable bonds is 2. The van der Waals surface area contributed by atoms with E-state index < -0.39 is 0 Å². The Morgan fingerprint density at radius 2 is 2.62 bits per heavy atom. The molecule has 4 heteroatoms. The molecule has 2 N–H and O–H groups in total. The lowest BCUT2D eigenvalue weighted by Crippen LogP contribution is -2.05. The topological polar surface area (TPSA) is 52.0 Å². The van der Waals surface area contributed by atoms with Crippen LogP contribution in [0, 0.1) is 6.57 Å². The monoisotopic (exact) mass is 113 g/mol. The summed E-state index contributed by atoms with van der Waals surface area (Å²) in [5.41, 5.74) is 5.06. The van der Waals surface area contributed by atoms with Crippen molar-refractivity contribution in [3.63, 3.8) is 0 Å². The van der Waals surface area contributed by atoms with Crippen molar-refractivity contribution < 1.29 is 4.84 Å². The van der Waals surface area contributed by atoms with Crippen LogP contribution in [-0.2, 0) is 4.84 Å². The van der Waals surface area contributed by atoms with Crippen LogP contribution >= 0.6 is 0 Å². The number of hydrogen-bond acceptors (Lipinski definition) is 2. The zero-order valence-electron chi connectivity index (χ0n) is 4.59. The largest absolute Gasteiger partial charge is 0.385 e. The summed E-state index contributed by atoms with van der Waals surface area (Å²) in [7, 11) is 0. The van der Waals surface area contributed by atoms with Gasteiger partial charge in [0.05, 0.1) is 0 Å². The lowest BCUT2D eigenvalue weighted by Gasteiger charge is -1.85. The average molecular weight is 113 g/mol. The highest BCUT2D eigenvalue weighted by atomic mass is 16.6. The highest BCUT2D eigenvalue weighted by Gasteiger charge is 1.79. The van der Waals surface area contributed by atoms with E-state index in [2.05, 4.69) is 14.8 Å². The minimum absolute atomic E-state index is 0.0610. The fourth-order valence-electron chi connectivity index (χ4n) is 0.160. The van der Waals surface area contributed by atoms with Gasteiger partial charge >= 0.3 is 6.73 Å². The molecule has 0 rings (SSSR count). The van der Waals surface area contributed by atoms with Crippen molar-refractivity contribution in [3.8, 4) is 0 Å². The quantitative estimate of drug-likeness (QED) is 0.182. The summed E-state index contributed by atoms with van der Waals surface area (Å²) in [5, 5.41) is 3.30. The van der Waals surface area contributed by atoms with Crippen molar-refractivity contribution in [2.75, 3.05) is 6.73 Å². The summed E-state index contributed by atoms with van der Waals surface area (Å²) >= 11 is 0. The van der Waals surface area contributed by atoms with Gasteiger partial charge in [-0.3, -0.25) is 4.85 Å². The van der Waals surface area contributed by atoms with Gasteiger partial charge in [0.15, 0.2) is 0 Å². The summed E-state index contributed by atoms with van der Waals surface area (Å²) in [5.74, 6) is 0.327. The summed E-state index contributed by atoms with van der Waals surface area (Å²) in [6, 6.07) is 0. The Hall–Kier alpha value is -1.24. The first-order valence-electron chi connectivity index (χ1n) is 2.02. The van der Waals surface area contributed by atoms with Crippen molar-refractivity contribution in [3.05, 3.63) is 11.4 Å². The molecule has 0 aliphatic carbocycles. The van der Waals surface area contributed by atoms with Crippen LogP contribution in [0.2, 0.25) is 0 Å². The van der Waals surface area contributed by atoms with E-state index in [0.717, 1.165) is 0 Å². The van der Waals surface area contributed by atoms with E-state index in [1.165, 1.54) is 0 Å². The maximum atomic E-state index is 6.24. The smallest absolute Gasteiger partial charge is 0.378 e. The second kappa shape index (κ2) is 3.93. The highest BCUT2D eigenvalue weighted by Crippen LogP contribution is 1.74. The van der Waals surface area contributed by atoms with Gasteiger partial charge in [0, 0.05) is 0 Å². The molecule has 0 aliphatic heterocycles. The Kier molecular flexibility index (Phi) is 3.32. The highest BCUT2D eigenvalue weighted by molar-refractivity contribution is 5.76. The number of hydrogen-bond donors (Lipinski definition) is 1. The van der Waals surface area contributed by atoms with Gasteiger partial charge < -0.3 is 10.6 Å². The van der Waals surface area contributed by atoms with Crippen molar-refractivity contribution in [1.82, 2.24) is 0 Å². The number of amidine groups is 1. The van der Waals surface area contributed by atoms with Crippen LogP contribution in [-0.4, -0.2) is 12.6 Å². The Morgan fingerprint density at radius 1 is 2.00 bits per heavy atom. The van der Waals surface area contributed by atoms with Crippen LogP contribution in [0.15, 0.2) is 5.16 Å². The Bertz CT molecular complexity index is 120. The molecule has 0 aromatic carbocycles. The van der Waals surface area contributed by atoms with Crippen molar-refractivity contribution in [1.29, 1.82) is 0 Å². The SMILES string of the molecule is [C-]#[N+]CON=C(C)N. The molecule has 0 spiro atoms. The molecule has 0 aromatic rings. The van der Waals surface area contributed by atoms with E-state index in [9.17, 15) is 0 Å². The van der Waals surface area contributed by atoms with Crippen LogP contribution in [0.4, 0.5) is 0 Å². The first-order valence-corrected chi connectivity index (χ1v) is 2.02. The van der Waals surface area contributed by atoms with Crippen LogP contribution < -0.4 is 5.73 Å². The summed E-state index contributed by atoms with van der Waals surface area (Å²) in [6.07, 6.45) is 0. The van der Waals surface area contributed by atoms with Crippen LogP contribution in [0.1, 0.15) is 6.92 Å². The minimum atomic E-state index is -0.0610. The van der Waals surface area contributed by atoms with Gasteiger partial charge in [-0.1, -0.05) is 5.16 Å². The van der Waals surface area contributed by atoms with E-state index in [1.807, 2.05) is 0 Å². The Labute approximate surface area is 47.7 Å². The lowest BCUT2D eigenvalue weighted by atomic mass is 10.7. The van der Waals surface area contributed by atoms with Crippen LogP contribution in [0.25, 0.3) is 4.85 Å². The van der Waals surface area contributed by atoms with Crippen molar-refractivity contribution >= 4 is 5.84 Å². The molecule has 8 heavy (non-hydrogen) atoms. The van der Waals surface area contributed by atoms with E-state index in [1.54, 1.807) is 6.92 Å². The molecule has 0 aromatic heterocycles. The fourth-order valence-corrected chi connectivity index (χ4v) is 0.160. The molecular formula is C4H7N3O. The van der Waals surface area contributed by atoms with Gasteiger partial charge in [-0.2, -0.15) is 0 Å². The second-order valence-corrected chi connectivity index (χ2v) is 1.15. The molecule has 0 amide bonds. The second-order valence-electron chi connectivity index (χ2n) is 1.15. The molecule has 0 heterocycles. The number of oxime groups is 1. The average Bonchev–Trinajstić information content (AvgIpc) is 1.66. The zero-order chi connectivity index (χ0) is 6.41. The molecule has 0 unspecified atom stereocenters. The third kappa shape index (κ3) is 4.76. The maximum absolute atomic E-state index is 6.24. The predicted octanol–water partition coefficient (Wildman–Crippen LogP) is 0.172. The summed E-state index contributed by atoms with van der Waals surface area (Å²) in [6.45, 7) is 7.76. The maximum Gasteiger partial charge on any atom is 0.378 e. The third-order valence-electron chi connectivity index (χ3n) is 0.331. The van der Waals surface area contributed by atoms with Crippen LogP contribution in [0.5, 0.6) is 0 Å². The molecule has 44 valence electrons. The first kappa shape index (κ1) is 6.76. The number of nitrogens with two attached hydrogens (primary N) is 1. The van der Waals surface area contributed by atoms with Gasteiger partial charge in [-0.05, 0) is 6.92 Å². The Morgan fingerprint density at radius 3 is 3.00 bits per heavy atom. The molecular weight excluding hydrogens is 106 g/mol. The minimum Gasteiger partial charge on any atom is -0.385 e. The molecule has 0 atom stereocenters. The van der Waals surface area contributed by atoms with E-state index in [4.69, 9.17) is 12.3 Å². The summed E-state index contributed by atoms with van der Waals surface area (Å²) < 4.78 is 0. The molecule has 0 radical (unpaired) electrons.